The molecule has 1 aliphatic heterocycles. The first kappa shape index (κ1) is 22.2. The average molecular weight is 457 g/mol. The molecular weight excluding hydrogens is 431 g/mol. The van der Waals surface area contributed by atoms with Gasteiger partial charge in [0.25, 0.3) is 5.91 Å². The Morgan fingerprint density at radius 2 is 2.00 bits per heavy atom. The molecule has 0 aliphatic carbocycles. The summed E-state index contributed by atoms with van der Waals surface area (Å²) >= 11 is 0. The fourth-order valence-corrected chi connectivity index (χ4v) is 5.72. The molecule has 1 aromatic heterocycles. The van der Waals surface area contributed by atoms with Gasteiger partial charge in [-0.25, -0.2) is 17.8 Å². The number of hydrogen-bond donors (Lipinski definition) is 1. The van der Waals surface area contributed by atoms with Crippen molar-refractivity contribution in [3.63, 3.8) is 0 Å². The van der Waals surface area contributed by atoms with Crippen LogP contribution in [-0.4, -0.2) is 40.8 Å². The van der Waals surface area contributed by atoms with Crippen LogP contribution in [0.25, 0.3) is 5.69 Å². The quantitative estimate of drug-likeness (QED) is 0.626. The van der Waals surface area contributed by atoms with Gasteiger partial charge >= 0.3 is 0 Å². The number of nitrogens with zero attached hydrogens (tertiary/aromatic N) is 3. The number of anilines is 1. The first-order valence-corrected chi connectivity index (χ1v) is 11.9. The number of sulfonamides is 1. The van der Waals surface area contributed by atoms with Crippen molar-refractivity contribution in [2.24, 2.45) is 0 Å². The van der Waals surface area contributed by atoms with E-state index in [0.29, 0.717) is 18.1 Å². The SMILES string of the molecule is Cc1nccn1-c1ccc(NC(=O)c2cccc(S(=O)(=O)N3CCCCC3C)c2)cc1F. The fraction of sp³-hybridized carbons (Fsp3) is 0.304. The number of carbonyl (C=O) groups is 1. The molecule has 7 nitrogen and oxygen atoms in total. The fourth-order valence-electron chi connectivity index (χ4n) is 3.98. The van der Waals surface area contributed by atoms with Crippen molar-refractivity contribution in [3.05, 3.63) is 72.1 Å². The van der Waals surface area contributed by atoms with Gasteiger partial charge in [-0.05, 0) is 63.1 Å². The Morgan fingerprint density at radius 3 is 2.69 bits per heavy atom. The highest BCUT2D eigenvalue weighted by Crippen LogP contribution is 2.26. The first-order chi connectivity index (χ1) is 15.3. The van der Waals surface area contributed by atoms with Crippen LogP contribution in [0.15, 0.2) is 59.8 Å². The topological polar surface area (TPSA) is 84.3 Å². The van der Waals surface area contributed by atoms with Gasteiger partial charge in [-0.15, -0.1) is 0 Å². The Morgan fingerprint density at radius 1 is 1.19 bits per heavy atom. The molecule has 2 heterocycles. The molecule has 4 rings (SSSR count). The van der Waals surface area contributed by atoms with E-state index in [9.17, 15) is 17.6 Å². The van der Waals surface area contributed by atoms with E-state index in [1.807, 2.05) is 6.92 Å². The molecule has 32 heavy (non-hydrogen) atoms. The largest absolute Gasteiger partial charge is 0.322 e. The molecule has 1 aliphatic rings. The lowest BCUT2D eigenvalue weighted by Gasteiger charge is -2.32. The highest BCUT2D eigenvalue weighted by Gasteiger charge is 2.31. The van der Waals surface area contributed by atoms with Crippen LogP contribution in [-0.2, 0) is 10.0 Å². The summed E-state index contributed by atoms with van der Waals surface area (Å²) in [6, 6.07) is 10.2. The summed E-state index contributed by atoms with van der Waals surface area (Å²) in [4.78, 5) is 16.9. The molecule has 1 unspecified atom stereocenters. The van der Waals surface area contributed by atoms with Gasteiger partial charge in [0.05, 0.1) is 10.6 Å². The summed E-state index contributed by atoms with van der Waals surface area (Å²) in [5.74, 6) is -0.388. The van der Waals surface area contributed by atoms with E-state index in [1.165, 1.54) is 28.6 Å². The maximum atomic E-state index is 14.6. The lowest BCUT2D eigenvalue weighted by Crippen LogP contribution is -2.41. The number of piperidine rings is 1. The third-order valence-electron chi connectivity index (χ3n) is 5.74. The van der Waals surface area contributed by atoms with Gasteiger partial charge in [-0.2, -0.15) is 4.31 Å². The summed E-state index contributed by atoms with van der Waals surface area (Å²) in [6.45, 7) is 4.14. The molecule has 0 saturated carbocycles. The third-order valence-corrected chi connectivity index (χ3v) is 7.75. The number of halogens is 1. The summed E-state index contributed by atoms with van der Waals surface area (Å²) < 4.78 is 43.9. The highest BCUT2D eigenvalue weighted by molar-refractivity contribution is 7.89. The van der Waals surface area contributed by atoms with Crippen molar-refractivity contribution in [3.8, 4) is 5.69 Å². The van der Waals surface area contributed by atoms with Gasteiger partial charge in [0.15, 0.2) is 0 Å². The van der Waals surface area contributed by atoms with E-state index in [2.05, 4.69) is 10.3 Å². The lowest BCUT2D eigenvalue weighted by atomic mass is 10.1. The summed E-state index contributed by atoms with van der Waals surface area (Å²) in [5.41, 5.74) is 0.777. The van der Waals surface area contributed by atoms with Crippen molar-refractivity contribution < 1.29 is 17.6 Å². The van der Waals surface area contributed by atoms with Gasteiger partial charge in [0.2, 0.25) is 10.0 Å². The Hall–Kier alpha value is -3.04. The van der Waals surface area contributed by atoms with Crippen molar-refractivity contribution in [1.82, 2.24) is 13.9 Å². The van der Waals surface area contributed by atoms with Crippen LogP contribution in [0.1, 0.15) is 42.4 Å². The number of amides is 1. The highest BCUT2D eigenvalue weighted by atomic mass is 32.2. The van der Waals surface area contributed by atoms with E-state index in [-0.39, 0.29) is 22.2 Å². The Balaban J connectivity index is 1.55. The van der Waals surface area contributed by atoms with Crippen LogP contribution in [0.5, 0.6) is 0 Å². The number of hydrogen-bond acceptors (Lipinski definition) is 4. The van der Waals surface area contributed by atoms with Crippen LogP contribution in [0.4, 0.5) is 10.1 Å². The molecule has 2 aromatic carbocycles. The maximum Gasteiger partial charge on any atom is 0.255 e. The second-order valence-corrected chi connectivity index (χ2v) is 9.84. The molecule has 1 N–H and O–H groups in total. The molecule has 0 bridgehead atoms. The molecule has 0 radical (unpaired) electrons. The van der Waals surface area contributed by atoms with E-state index in [1.54, 1.807) is 42.1 Å². The van der Waals surface area contributed by atoms with Crippen molar-refractivity contribution in [1.29, 1.82) is 0 Å². The molecule has 168 valence electrons. The summed E-state index contributed by atoms with van der Waals surface area (Å²) in [7, 11) is -3.70. The predicted molar refractivity (Wildman–Crippen MR) is 120 cm³/mol. The number of aryl methyl sites for hydroxylation is 1. The number of aromatic nitrogens is 2. The standard InChI is InChI=1S/C23H25FN4O3S/c1-16-6-3-4-12-28(16)32(30,31)20-8-5-7-18(14-20)23(29)26-19-9-10-22(21(24)15-19)27-13-11-25-17(27)2/h5,7-11,13-16H,3-4,6,12H2,1-2H3,(H,26,29). The van der Waals surface area contributed by atoms with Gasteiger partial charge in [0.1, 0.15) is 11.6 Å². The molecule has 1 amide bonds. The van der Waals surface area contributed by atoms with E-state index in [4.69, 9.17) is 0 Å². The zero-order valence-electron chi connectivity index (χ0n) is 18.0. The molecule has 1 atom stereocenters. The minimum Gasteiger partial charge on any atom is -0.322 e. The smallest absolute Gasteiger partial charge is 0.255 e. The van der Waals surface area contributed by atoms with E-state index >= 15 is 0 Å². The van der Waals surface area contributed by atoms with E-state index < -0.39 is 21.7 Å². The molecule has 1 saturated heterocycles. The maximum absolute atomic E-state index is 14.6. The molecular formula is C23H25FN4O3S. The van der Waals surface area contributed by atoms with Crippen LogP contribution < -0.4 is 5.32 Å². The summed E-state index contributed by atoms with van der Waals surface area (Å²) in [5, 5.41) is 2.64. The van der Waals surface area contributed by atoms with Gasteiger partial charge in [-0.3, -0.25) is 4.79 Å². The monoisotopic (exact) mass is 456 g/mol. The van der Waals surface area contributed by atoms with E-state index in [0.717, 1.165) is 19.3 Å². The zero-order valence-corrected chi connectivity index (χ0v) is 18.8. The number of rotatable bonds is 5. The third kappa shape index (κ3) is 4.31. The van der Waals surface area contributed by atoms with Gasteiger partial charge in [-0.1, -0.05) is 12.5 Å². The van der Waals surface area contributed by atoms with Crippen molar-refractivity contribution in [2.75, 3.05) is 11.9 Å². The number of nitrogens with one attached hydrogen (secondary N) is 1. The van der Waals surface area contributed by atoms with Crippen LogP contribution >= 0.6 is 0 Å². The summed E-state index contributed by atoms with van der Waals surface area (Å²) in [6.07, 6.45) is 5.88. The normalized spacial score (nSPS) is 17.3. The lowest BCUT2D eigenvalue weighted by molar-refractivity contribution is 0.102. The first-order valence-electron chi connectivity index (χ1n) is 10.5. The minimum atomic E-state index is -3.70. The molecule has 3 aromatic rings. The Kier molecular flexibility index (Phi) is 6.12. The van der Waals surface area contributed by atoms with Crippen molar-refractivity contribution in [2.45, 2.75) is 44.0 Å². The molecule has 1 fully saturated rings. The zero-order chi connectivity index (χ0) is 22.9. The molecule has 9 heteroatoms. The second kappa shape index (κ2) is 8.84. The number of imidazole rings is 1. The predicted octanol–water partition coefficient (Wildman–Crippen LogP) is 4.14. The Bertz CT molecular complexity index is 1260. The Labute approximate surface area is 186 Å². The van der Waals surface area contributed by atoms with Gasteiger partial charge < -0.3 is 9.88 Å². The minimum absolute atomic E-state index is 0.0770. The van der Waals surface area contributed by atoms with Crippen molar-refractivity contribution >= 4 is 21.6 Å². The van der Waals surface area contributed by atoms with Crippen LogP contribution in [0.3, 0.4) is 0 Å². The number of benzene rings is 2. The molecule has 0 spiro atoms. The number of carbonyl (C=O) groups excluding carboxylic acids is 1. The second-order valence-electron chi connectivity index (χ2n) is 7.95. The average Bonchev–Trinajstić information content (AvgIpc) is 3.19. The van der Waals surface area contributed by atoms with Crippen LogP contribution in [0, 0.1) is 12.7 Å². The van der Waals surface area contributed by atoms with Gasteiger partial charge in [0, 0.05) is 36.2 Å². The van der Waals surface area contributed by atoms with Crippen LogP contribution in [0.2, 0.25) is 0 Å².